The molecule has 0 spiro atoms. The summed E-state index contributed by atoms with van der Waals surface area (Å²) >= 11 is 0. The highest BCUT2D eigenvalue weighted by Crippen LogP contribution is 2.57. The van der Waals surface area contributed by atoms with Crippen LogP contribution in [0.2, 0.25) is 0 Å². The summed E-state index contributed by atoms with van der Waals surface area (Å²) in [7, 11) is -2.42. The van der Waals surface area contributed by atoms with Gasteiger partial charge >= 0.3 is 5.97 Å². The van der Waals surface area contributed by atoms with Gasteiger partial charge in [0.1, 0.15) is 29.3 Å². The molecule has 0 fully saturated rings. The van der Waals surface area contributed by atoms with E-state index in [0.717, 1.165) is 15.9 Å². The zero-order valence-corrected chi connectivity index (χ0v) is 26.0. The number of nitrogens with one attached hydrogen (secondary N) is 1. The second-order valence-corrected chi connectivity index (χ2v) is 13.6. The van der Waals surface area contributed by atoms with Crippen molar-refractivity contribution in [1.29, 1.82) is 5.26 Å². The summed E-state index contributed by atoms with van der Waals surface area (Å²) in [4.78, 5) is 24.6. The van der Waals surface area contributed by atoms with E-state index in [-0.39, 0.29) is 30.3 Å². The number of non-ortho nitro benzene ring substituents is 1. The van der Waals surface area contributed by atoms with Gasteiger partial charge in [0, 0.05) is 17.8 Å². The minimum Gasteiger partial charge on any atom is -1.00 e. The van der Waals surface area contributed by atoms with Gasteiger partial charge in [0.05, 0.1) is 40.4 Å². The van der Waals surface area contributed by atoms with E-state index in [1.807, 2.05) is 54.6 Å². The summed E-state index contributed by atoms with van der Waals surface area (Å²) in [6.07, 6.45) is 0.465. The molecule has 0 aromatic heterocycles. The first-order chi connectivity index (χ1) is 20.9. The number of nitriles is 1. The molecule has 0 saturated carbocycles. The smallest absolute Gasteiger partial charge is 0.336 e. The maximum atomic E-state index is 13.3. The van der Waals surface area contributed by atoms with Gasteiger partial charge in [-0.3, -0.25) is 10.1 Å². The first-order valence-corrected chi connectivity index (χ1v) is 16.0. The lowest BCUT2D eigenvalue weighted by Crippen LogP contribution is -3.00. The monoisotopic (exact) mass is 623 g/mol. The van der Waals surface area contributed by atoms with Crippen LogP contribution in [-0.2, 0) is 9.53 Å². The minimum atomic E-state index is -2.42. The number of esters is 1. The van der Waals surface area contributed by atoms with Gasteiger partial charge in [0.2, 0.25) is 0 Å². The Balaban J connectivity index is 0.00000442. The predicted octanol–water partition coefficient (Wildman–Crippen LogP) is 2.89. The molecule has 1 atom stereocenters. The van der Waals surface area contributed by atoms with E-state index in [9.17, 15) is 20.2 Å². The van der Waals surface area contributed by atoms with Crippen LogP contribution < -0.4 is 33.6 Å². The molecule has 0 aliphatic carbocycles. The van der Waals surface area contributed by atoms with Crippen molar-refractivity contribution in [2.75, 3.05) is 12.8 Å². The van der Waals surface area contributed by atoms with Crippen LogP contribution in [0.5, 0.6) is 0 Å². The maximum absolute atomic E-state index is 13.3. The lowest BCUT2D eigenvalue weighted by atomic mass is 9.81. The summed E-state index contributed by atoms with van der Waals surface area (Å²) in [5.41, 5.74) is 2.20. The van der Waals surface area contributed by atoms with Gasteiger partial charge in [-0.25, -0.2) is 4.79 Å². The molecular weight excluding hydrogens is 593 g/mol. The number of nitro groups is 1. The fourth-order valence-corrected chi connectivity index (χ4v) is 10.00. The second-order valence-electron chi connectivity index (χ2n) is 10.1. The van der Waals surface area contributed by atoms with E-state index >= 15 is 0 Å². The van der Waals surface area contributed by atoms with Crippen LogP contribution in [0.1, 0.15) is 25.3 Å². The van der Waals surface area contributed by atoms with Crippen molar-refractivity contribution in [2.45, 2.75) is 19.8 Å². The summed E-state index contributed by atoms with van der Waals surface area (Å²) in [6, 6.07) is 39.5. The number of dihydropyridines is 1. The number of hydrogen-bond donors (Lipinski definition) is 1. The molecule has 0 radical (unpaired) electrons. The zero-order valence-electron chi connectivity index (χ0n) is 24.3. The predicted molar refractivity (Wildman–Crippen MR) is 171 cm³/mol. The summed E-state index contributed by atoms with van der Waals surface area (Å²) < 4.78 is 5.42. The molecule has 5 rings (SSSR count). The Labute approximate surface area is 263 Å². The Morgan fingerprint density at radius 2 is 1.43 bits per heavy atom. The quantitative estimate of drug-likeness (QED) is 0.133. The number of benzene rings is 4. The molecule has 0 saturated heterocycles. The van der Waals surface area contributed by atoms with Gasteiger partial charge in [-0.05, 0) is 55.8 Å². The van der Waals surface area contributed by atoms with E-state index in [1.54, 1.807) is 26.0 Å². The van der Waals surface area contributed by atoms with Crippen molar-refractivity contribution < 1.29 is 26.9 Å². The second kappa shape index (κ2) is 14.1. The SMILES string of the molecule is CCOC(=O)C1=C(C)NC(C[P+](c2ccccc2)(c2ccccc2)c2ccccc2)=C(C#N)C1c1cccc([N+](=O)[O-])c1.[Cl-]. The summed E-state index contributed by atoms with van der Waals surface area (Å²) in [5.74, 6) is -1.41. The molecule has 9 heteroatoms. The Bertz CT molecular complexity index is 1660. The normalized spacial score (nSPS) is 14.6. The molecule has 222 valence electrons. The summed E-state index contributed by atoms with van der Waals surface area (Å²) in [5, 5.41) is 29.3. The van der Waals surface area contributed by atoms with Gasteiger partial charge in [-0.1, -0.05) is 66.7 Å². The van der Waals surface area contributed by atoms with Gasteiger partial charge < -0.3 is 22.5 Å². The van der Waals surface area contributed by atoms with E-state index in [4.69, 9.17) is 4.74 Å². The lowest BCUT2D eigenvalue weighted by molar-refractivity contribution is -0.384. The molecular formula is C35H31ClN3O4P. The molecule has 0 bridgehead atoms. The first kappa shape index (κ1) is 32.2. The number of hydrogen-bond acceptors (Lipinski definition) is 6. The van der Waals surface area contributed by atoms with Gasteiger partial charge in [-0.15, -0.1) is 0 Å². The number of allylic oxidation sites excluding steroid dienone is 3. The van der Waals surface area contributed by atoms with Gasteiger partial charge in [0.15, 0.2) is 0 Å². The molecule has 4 aromatic rings. The lowest BCUT2D eigenvalue weighted by Gasteiger charge is -2.33. The number of nitro benzene ring substituents is 1. The highest BCUT2D eigenvalue weighted by atomic mass is 35.5. The molecule has 4 aromatic carbocycles. The van der Waals surface area contributed by atoms with Crippen LogP contribution in [0.3, 0.4) is 0 Å². The van der Waals surface area contributed by atoms with Gasteiger partial charge in [-0.2, -0.15) is 5.26 Å². The topological polar surface area (TPSA) is 105 Å². The number of nitrogens with zero attached hydrogens (tertiary/aromatic N) is 2. The third-order valence-corrected chi connectivity index (χ3v) is 12.0. The van der Waals surface area contributed by atoms with Crippen molar-refractivity contribution in [3.8, 4) is 6.07 Å². The van der Waals surface area contributed by atoms with Crippen LogP contribution in [0, 0.1) is 21.4 Å². The van der Waals surface area contributed by atoms with Crippen LogP contribution in [0.4, 0.5) is 5.69 Å². The molecule has 0 amide bonds. The zero-order chi connectivity index (χ0) is 30.4. The third kappa shape index (κ3) is 6.14. The van der Waals surface area contributed by atoms with E-state index < -0.39 is 24.1 Å². The van der Waals surface area contributed by atoms with E-state index in [0.29, 0.717) is 28.7 Å². The summed E-state index contributed by atoms with van der Waals surface area (Å²) in [6.45, 7) is 3.66. The van der Waals surface area contributed by atoms with E-state index in [1.165, 1.54) is 12.1 Å². The molecule has 1 heterocycles. The highest BCUT2D eigenvalue weighted by molar-refractivity contribution is 7.95. The number of carbonyl (C=O) groups excluding carboxylic acids is 1. The van der Waals surface area contributed by atoms with Gasteiger partial charge in [0.25, 0.3) is 5.69 Å². The van der Waals surface area contributed by atoms with Crippen molar-refractivity contribution >= 4 is 34.8 Å². The number of rotatable bonds is 9. The van der Waals surface area contributed by atoms with Crippen molar-refractivity contribution in [3.05, 3.63) is 153 Å². The fraction of sp³-hybridized carbons (Fsp3) is 0.143. The number of halogens is 1. The molecule has 44 heavy (non-hydrogen) atoms. The molecule has 7 nitrogen and oxygen atoms in total. The molecule has 1 N–H and O–H groups in total. The van der Waals surface area contributed by atoms with Crippen LogP contribution in [0.25, 0.3) is 0 Å². The van der Waals surface area contributed by atoms with Crippen molar-refractivity contribution in [2.24, 2.45) is 0 Å². The minimum absolute atomic E-state index is 0. The molecule has 1 aliphatic heterocycles. The maximum Gasteiger partial charge on any atom is 0.336 e. The Morgan fingerprint density at radius 1 is 0.909 bits per heavy atom. The average Bonchev–Trinajstić information content (AvgIpc) is 3.04. The van der Waals surface area contributed by atoms with E-state index in [2.05, 4.69) is 47.8 Å². The molecule has 1 unspecified atom stereocenters. The Kier molecular flexibility index (Phi) is 10.3. The highest BCUT2D eigenvalue weighted by Gasteiger charge is 2.48. The van der Waals surface area contributed by atoms with Crippen molar-refractivity contribution in [3.63, 3.8) is 0 Å². The molecule has 1 aliphatic rings. The number of carbonyl (C=O) groups is 1. The third-order valence-electron chi connectivity index (χ3n) is 7.66. The first-order valence-electron chi connectivity index (χ1n) is 14.0. The number of ether oxygens (including phenoxy) is 1. The van der Waals surface area contributed by atoms with Crippen LogP contribution in [-0.4, -0.2) is 23.7 Å². The Hall–Kier alpha value is -4.76. The van der Waals surface area contributed by atoms with Crippen molar-refractivity contribution in [1.82, 2.24) is 5.32 Å². The van der Waals surface area contributed by atoms with Crippen LogP contribution in [0.15, 0.2) is 138 Å². The standard InChI is InChI=1S/C35H30N3O4P.ClH/c1-3-42-35(39)33-25(2)37-32(31(23-36)34(33)26-14-13-15-27(22-26)38(40)41)24-43(28-16-7-4-8-17-28,29-18-9-5-10-19-29)30-20-11-6-12-21-30;/h4-22,34H,3,24H2,1-2H3;1H. The largest absolute Gasteiger partial charge is 1.00 e. The Morgan fingerprint density at radius 3 is 1.89 bits per heavy atom. The average molecular weight is 624 g/mol. The van der Waals surface area contributed by atoms with Crippen LogP contribution >= 0.6 is 7.26 Å². The fourth-order valence-electron chi connectivity index (χ4n) is 5.79.